The van der Waals surface area contributed by atoms with E-state index < -0.39 is 5.97 Å². The quantitative estimate of drug-likeness (QED) is 0.844. The van der Waals surface area contributed by atoms with Crippen molar-refractivity contribution in [3.05, 3.63) is 17.5 Å². The van der Waals surface area contributed by atoms with Crippen LogP contribution in [0, 0.1) is 5.92 Å². The molecule has 86 valence electrons. The van der Waals surface area contributed by atoms with Gasteiger partial charge < -0.3 is 10.4 Å². The Morgan fingerprint density at radius 1 is 1.50 bits per heavy atom. The fourth-order valence-electron chi connectivity index (χ4n) is 2.03. The maximum absolute atomic E-state index is 11.0. The molecule has 1 heterocycles. The number of nitrogens with one attached hydrogen (secondary N) is 1. The van der Waals surface area contributed by atoms with Crippen molar-refractivity contribution in [1.29, 1.82) is 0 Å². The molecule has 0 bridgehead atoms. The van der Waals surface area contributed by atoms with Crippen LogP contribution in [0.15, 0.2) is 12.4 Å². The Hall–Kier alpha value is -1.36. The number of nitrogens with zero attached hydrogens (tertiary/aromatic N) is 2. The summed E-state index contributed by atoms with van der Waals surface area (Å²) in [5.74, 6) is -0.573. The maximum Gasteiger partial charge on any atom is 0.308 e. The molecule has 1 saturated carbocycles. The predicted molar refractivity (Wildman–Crippen MR) is 59.4 cm³/mol. The lowest BCUT2D eigenvalue weighted by atomic mass is 10.0. The second-order valence-corrected chi connectivity index (χ2v) is 4.24. The molecule has 1 aromatic rings. The molecular formula is C10H12ClN3O2. The molecule has 0 aliphatic heterocycles. The Kier molecular flexibility index (Phi) is 3.24. The summed E-state index contributed by atoms with van der Waals surface area (Å²) in [6.07, 6.45) is 5.45. The van der Waals surface area contributed by atoms with E-state index in [2.05, 4.69) is 15.3 Å². The summed E-state index contributed by atoms with van der Waals surface area (Å²) in [6, 6.07) is -0.0785. The van der Waals surface area contributed by atoms with Gasteiger partial charge >= 0.3 is 5.97 Å². The van der Waals surface area contributed by atoms with E-state index in [0.29, 0.717) is 17.4 Å². The second-order valence-electron chi connectivity index (χ2n) is 3.85. The minimum Gasteiger partial charge on any atom is -0.481 e. The van der Waals surface area contributed by atoms with Crippen LogP contribution >= 0.6 is 11.6 Å². The van der Waals surface area contributed by atoms with Crippen LogP contribution in [-0.2, 0) is 4.79 Å². The third-order valence-electron chi connectivity index (χ3n) is 2.77. The molecule has 0 saturated heterocycles. The Bertz CT molecular complexity index is 399. The zero-order valence-electron chi connectivity index (χ0n) is 8.56. The lowest BCUT2D eigenvalue weighted by molar-refractivity contribution is -0.141. The zero-order valence-corrected chi connectivity index (χ0v) is 9.31. The van der Waals surface area contributed by atoms with E-state index in [4.69, 9.17) is 16.7 Å². The highest BCUT2D eigenvalue weighted by Gasteiger charge is 2.32. The van der Waals surface area contributed by atoms with Crippen LogP contribution in [-0.4, -0.2) is 27.1 Å². The first-order valence-corrected chi connectivity index (χ1v) is 5.51. The summed E-state index contributed by atoms with van der Waals surface area (Å²) in [6.45, 7) is 0. The highest BCUT2D eigenvalue weighted by atomic mass is 35.5. The van der Waals surface area contributed by atoms with Crippen LogP contribution in [0.1, 0.15) is 19.3 Å². The van der Waals surface area contributed by atoms with Crippen LogP contribution < -0.4 is 5.32 Å². The normalized spacial score (nSPS) is 24.3. The zero-order chi connectivity index (χ0) is 11.5. The number of carboxylic acids is 1. The third kappa shape index (κ3) is 2.41. The van der Waals surface area contributed by atoms with Gasteiger partial charge in [0.05, 0.1) is 18.3 Å². The monoisotopic (exact) mass is 241 g/mol. The Balaban J connectivity index is 2.06. The molecule has 0 aromatic carbocycles. The van der Waals surface area contributed by atoms with Gasteiger partial charge in [0.1, 0.15) is 11.0 Å². The van der Waals surface area contributed by atoms with Crippen molar-refractivity contribution in [3.63, 3.8) is 0 Å². The van der Waals surface area contributed by atoms with Gasteiger partial charge in [-0.3, -0.25) is 9.78 Å². The smallest absolute Gasteiger partial charge is 0.308 e. The first kappa shape index (κ1) is 11.1. The molecule has 6 heteroatoms. The van der Waals surface area contributed by atoms with Gasteiger partial charge in [-0.15, -0.1) is 0 Å². The lowest BCUT2D eigenvalue weighted by Gasteiger charge is -2.17. The molecule has 2 unspecified atom stereocenters. The van der Waals surface area contributed by atoms with Gasteiger partial charge in [0.15, 0.2) is 0 Å². The summed E-state index contributed by atoms with van der Waals surface area (Å²) >= 11 is 5.70. The van der Waals surface area contributed by atoms with Gasteiger partial charge in [0.2, 0.25) is 0 Å². The van der Waals surface area contributed by atoms with Crippen LogP contribution in [0.4, 0.5) is 5.82 Å². The lowest BCUT2D eigenvalue weighted by Crippen LogP contribution is -2.30. The fourth-order valence-corrected chi connectivity index (χ4v) is 2.18. The molecule has 16 heavy (non-hydrogen) atoms. The van der Waals surface area contributed by atoms with Crippen molar-refractivity contribution in [2.45, 2.75) is 25.3 Å². The highest BCUT2D eigenvalue weighted by Crippen LogP contribution is 2.28. The predicted octanol–water partition coefficient (Wildman–Crippen LogP) is 1.80. The maximum atomic E-state index is 11.0. The van der Waals surface area contributed by atoms with Gasteiger partial charge in [-0.05, 0) is 12.8 Å². The van der Waals surface area contributed by atoms with Crippen molar-refractivity contribution < 1.29 is 9.90 Å². The van der Waals surface area contributed by atoms with Gasteiger partial charge in [-0.1, -0.05) is 18.0 Å². The first-order chi connectivity index (χ1) is 7.66. The number of hydrogen-bond donors (Lipinski definition) is 2. The molecule has 1 fully saturated rings. The van der Waals surface area contributed by atoms with E-state index in [1.54, 1.807) is 6.20 Å². The number of anilines is 1. The molecule has 0 spiro atoms. The molecule has 1 aliphatic rings. The standard InChI is InChI=1S/C10H12ClN3O2/c11-8-4-12-5-9(14-8)13-7-3-1-2-6(7)10(15)16/h4-7H,1-3H2,(H,13,14)(H,15,16). The number of halogens is 1. The van der Waals surface area contributed by atoms with E-state index >= 15 is 0 Å². The van der Waals surface area contributed by atoms with E-state index in [-0.39, 0.29) is 12.0 Å². The van der Waals surface area contributed by atoms with E-state index in [1.165, 1.54) is 6.20 Å². The molecule has 2 rings (SSSR count). The summed E-state index contributed by atoms with van der Waals surface area (Å²) in [4.78, 5) is 18.9. The summed E-state index contributed by atoms with van der Waals surface area (Å²) in [5, 5.41) is 12.4. The highest BCUT2D eigenvalue weighted by molar-refractivity contribution is 6.29. The second kappa shape index (κ2) is 4.65. The molecule has 1 aliphatic carbocycles. The van der Waals surface area contributed by atoms with Crippen molar-refractivity contribution in [1.82, 2.24) is 9.97 Å². The van der Waals surface area contributed by atoms with Crippen molar-refractivity contribution >= 4 is 23.4 Å². The van der Waals surface area contributed by atoms with E-state index in [1.807, 2.05) is 0 Å². The van der Waals surface area contributed by atoms with Crippen molar-refractivity contribution in [3.8, 4) is 0 Å². The van der Waals surface area contributed by atoms with Crippen LogP contribution in [0.2, 0.25) is 5.15 Å². The van der Waals surface area contributed by atoms with Gasteiger partial charge in [-0.25, -0.2) is 4.98 Å². The fraction of sp³-hybridized carbons (Fsp3) is 0.500. The van der Waals surface area contributed by atoms with E-state index in [9.17, 15) is 4.79 Å². The molecule has 1 aromatic heterocycles. The minimum atomic E-state index is -0.759. The molecule has 5 nitrogen and oxygen atoms in total. The first-order valence-electron chi connectivity index (χ1n) is 5.13. The van der Waals surface area contributed by atoms with E-state index in [0.717, 1.165) is 12.8 Å². The van der Waals surface area contributed by atoms with Crippen LogP contribution in [0.3, 0.4) is 0 Å². The SMILES string of the molecule is O=C(O)C1CCCC1Nc1cncc(Cl)n1. The van der Waals surface area contributed by atoms with Crippen molar-refractivity contribution in [2.75, 3.05) is 5.32 Å². The molecule has 2 N–H and O–H groups in total. The largest absolute Gasteiger partial charge is 0.481 e. The molecule has 0 radical (unpaired) electrons. The molecule has 0 amide bonds. The number of rotatable bonds is 3. The Morgan fingerprint density at radius 3 is 3.00 bits per heavy atom. The van der Waals surface area contributed by atoms with Crippen LogP contribution in [0.25, 0.3) is 0 Å². The summed E-state index contributed by atoms with van der Waals surface area (Å²) in [7, 11) is 0. The van der Waals surface area contributed by atoms with Gasteiger partial charge in [-0.2, -0.15) is 0 Å². The number of hydrogen-bond acceptors (Lipinski definition) is 4. The molecule has 2 atom stereocenters. The topological polar surface area (TPSA) is 75.1 Å². The number of aliphatic carboxylic acids is 1. The average Bonchev–Trinajstić information content (AvgIpc) is 2.66. The summed E-state index contributed by atoms with van der Waals surface area (Å²) in [5.41, 5.74) is 0. The Labute approximate surface area is 97.9 Å². The van der Waals surface area contributed by atoms with Crippen LogP contribution in [0.5, 0.6) is 0 Å². The average molecular weight is 242 g/mol. The summed E-state index contributed by atoms with van der Waals surface area (Å²) < 4.78 is 0. The Morgan fingerprint density at radius 2 is 2.31 bits per heavy atom. The minimum absolute atomic E-state index is 0.0785. The third-order valence-corrected chi connectivity index (χ3v) is 2.95. The van der Waals surface area contributed by atoms with Crippen molar-refractivity contribution in [2.24, 2.45) is 5.92 Å². The molecular weight excluding hydrogens is 230 g/mol. The number of carbonyl (C=O) groups is 1. The van der Waals surface area contributed by atoms with Gasteiger partial charge in [0.25, 0.3) is 0 Å². The number of carboxylic acid groups (broad SMARTS) is 1. The van der Waals surface area contributed by atoms with Gasteiger partial charge in [0, 0.05) is 6.04 Å². The number of aromatic nitrogens is 2.